The van der Waals surface area contributed by atoms with Crippen LogP contribution in [0.5, 0.6) is 0 Å². The maximum Gasteiger partial charge on any atom is 0.0702 e. The summed E-state index contributed by atoms with van der Waals surface area (Å²) in [6.45, 7) is 4.00. The SMILES string of the molecule is CC.PCc1ccc(-c2ccc(P)cc2)nc1. The topological polar surface area (TPSA) is 12.9 Å². The molecule has 0 aliphatic carbocycles. The molecule has 0 fully saturated rings. The number of benzene rings is 1. The highest BCUT2D eigenvalue weighted by molar-refractivity contribution is 7.27. The normalized spacial score (nSPS) is 9.41. The Morgan fingerprint density at radius 2 is 1.65 bits per heavy atom. The van der Waals surface area contributed by atoms with Gasteiger partial charge in [0.25, 0.3) is 0 Å². The molecule has 1 heterocycles. The van der Waals surface area contributed by atoms with Crippen LogP contribution in [-0.4, -0.2) is 4.98 Å². The smallest absolute Gasteiger partial charge is 0.0702 e. The van der Waals surface area contributed by atoms with Crippen LogP contribution in [0.2, 0.25) is 0 Å². The van der Waals surface area contributed by atoms with Crippen LogP contribution in [0, 0.1) is 0 Å². The fraction of sp³-hybridized carbons (Fsp3) is 0.214. The molecule has 17 heavy (non-hydrogen) atoms. The third-order valence-electron chi connectivity index (χ3n) is 2.27. The summed E-state index contributed by atoms with van der Waals surface area (Å²) in [6.07, 6.45) is 2.88. The summed E-state index contributed by atoms with van der Waals surface area (Å²) in [7, 11) is 5.38. The summed E-state index contributed by atoms with van der Waals surface area (Å²) in [5.41, 5.74) is 3.44. The lowest BCUT2D eigenvalue weighted by atomic mass is 10.1. The van der Waals surface area contributed by atoms with E-state index in [0.717, 1.165) is 17.4 Å². The van der Waals surface area contributed by atoms with Crippen molar-refractivity contribution in [3.8, 4) is 11.3 Å². The monoisotopic (exact) mass is 263 g/mol. The largest absolute Gasteiger partial charge is 0.256 e. The van der Waals surface area contributed by atoms with Gasteiger partial charge in [-0.2, -0.15) is 0 Å². The molecule has 1 aromatic carbocycles. The van der Waals surface area contributed by atoms with Crippen LogP contribution in [0.25, 0.3) is 11.3 Å². The molecular formula is C14H19NP2. The van der Waals surface area contributed by atoms with Crippen LogP contribution in [0.4, 0.5) is 0 Å². The van der Waals surface area contributed by atoms with Crippen LogP contribution in [0.3, 0.4) is 0 Å². The van der Waals surface area contributed by atoms with Crippen molar-refractivity contribution in [1.82, 2.24) is 4.98 Å². The van der Waals surface area contributed by atoms with Gasteiger partial charge in [-0.3, -0.25) is 4.98 Å². The van der Waals surface area contributed by atoms with Crippen LogP contribution in [0.1, 0.15) is 19.4 Å². The van der Waals surface area contributed by atoms with E-state index in [2.05, 4.69) is 59.9 Å². The molecule has 1 aromatic heterocycles. The second kappa shape index (κ2) is 7.54. The molecule has 0 spiro atoms. The number of rotatable bonds is 2. The van der Waals surface area contributed by atoms with Crippen molar-refractivity contribution in [2.45, 2.75) is 20.0 Å². The number of aromatic nitrogens is 1. The first kappa shape index (κ1) is 14.3. The first-order valence-electron chi connectivity index (χ1n) is 5.80. The number of nitrogens with zero attached hydrogens (tertiary/aromatic N) is 1. The van der Waals surface area contributed by atoms with Gasteiger partial charge in [0.15, 0.2) is 0 Å². The van der Waals surface area contributed by atoms with E-state index in [4.69, 9.17) is 0 Å². The first-order chi connectivity index (χ1) is 8.29. The summed E-state index contributed by atoms with van der Waals surface area (Å²) in [5.74, 6) is 0. The van der Waals surface area contributed by atoms with Gasteiger partial charge in [0.1, 0.15) is 0 Å². The Kier molecular flexibility index (Phi) is 6.34. The second-order valence-corrected chi connectivity index (χ2v) is 4.45. The van der Waals surface area contributed by atoms with Gasteiger partial charge in [-0.05, 0) is 23.1 Å². The van der Waals surface area contributed by atoms with Gasteiger partial charge in [-0.1, -0.05) is 44.2 Å². The average molecular weight is 263 g/mol. The van der Waals surface area contributed by atoms with E-state index in [-0.39, 0.29) is 0 Å². The zero-order valence-corrected chi connectivity index (χ0v) is 12.7. The Balaban J connectivity index is 0.000000686. The third-order valence-corrected chi connectivity index (χ3v) is 3.12. The lowest BCUT2D eigenvalue weighted by molar-refractivity contribution is 1.25. The van der Waals surface area contributed by atoms with Crippen molar-refractivity contribution in [2.75, 3.05) is 0 Å². The molecule has 0 bridgehead atoms. The summed E-state index contributed by atoms with van der Waals surface area (Å²) in [6, 6.07) is 12.5. The van der Waals surface area contributed by atoms with E-state index in [1.165, 1.54) is 10.9 Å². The third kappa shape index (κ3) is 4.19. The van der Waals surface area contributed by atoms with Crippen molar-refractivity contribution in [1.29, 1.82) is 0 Å². The minimum atomic E-state index is 0.956. The molecule has 0 aliphatic rings. The Labute approximate surface area is 108 Å². The first-order valence-corrected chi connectivity index (χ1v) is 7.20. The summed E-state index contributed by atoms with van der Waals surface area (Å²) < 4.78 is 0. The van der Waals surface area contributed by atoms with Gasteiger partial charge in [0.2, 0.25) is 0 Å². The van der Waals surface area contributed by atoms with E-state index in [1.807, 2.05) is 20.0 Å². The fourth-order valence-corrected chi connectivity index (χ4v) is 1.80. The highest BCUT2D eigenvalue weighted by Gasteiger charge is 1.98. The Morgan fingerprint density at radius 3 is 2.12 bits per heavy atom. The zero-order valence-electron chi connectivity index (χ0n) is 10.4. The lowest BCUT2D eigenvalue weighted by Crippen LogP contribution is -1.90. The number of hydrogen-bond acceptors (Lipinski definition) is 1. The molecule has 0 aliphatic heterocycles. The highest BCUT2D eigenvalue weighted by atomic mass is 31.0. The lowest BCUT2D eigenvalue weighted by Gasteiger charge is -2.02. The second-order valence-electron chi connectivity index (χ2n) is 3.38. The highest BCUT2D eigenvalue weighted by Crippen LogP contribution is 2.16. The Hall–Kier alpha value is -0.770. The molecule has 0 saturated heterocycles. The molecule has 3 heteroatoms. The predicted octanol–water partition coefficient (Wildman–Crippen LogP) is 3.65. The molecule has 1 nitrogen and oxygen atoms in total. The van der Waals surface area contributed by atoms with Crippen molar-refractivity contribution < 1.29 is 0 Å². The van der Waals surface area contributed by atoms with Gasteiger partial charge in [-0.25, -0.2) is 0 Å². The minimum Gasteiger partial charge on any atom is -0.256 e. The fourth-order valence-electron chi connectivity index (χ4n) is 1.37. The zero-order chi connectivity index (χ0) is 12.7. The van der Waals surface area contributed by atoms with Crippen molar-refractivity contribution in [3.05, 3.63) is 48.2 Å². The molecule has 0 N–H and O–H groups in total. The summed E-state index contributed by atoms with van der Waals surface area (Å²) in [5, 5.41) is 1.19. The Morgan fingerprint density at radius 1 is 1.00 bits per heavy atom. The van der Waals surface area contributed by atoms with E-state index < -0.39 is 0 Å². The molecular weight excluding hydrogens is 244 g/mol. The van der Waals surface area contributed by atoms with Gasteiger partial charge in [0, 0.05) is 11.8 Å². The molecule has 2 unspecified atom stereocenters. The molecule has 90 valence electrons. The molecule has 2 aromatic rings. The predicted molar refractivity (Wildman–Crippen MR) is 83.8 cm³/mol. The van der Waals surface area contributed by atoms with Gasteiger partial charge in [-0.15, -0.1) is 18.5 Å². The van der Waals surface area contributed by atoms with Crippen molar-refractivity contribution >= 4 is 23.8 Å². The van der Waals surface area contributed by atoms with E-state index in [1.54, 1.807) is 0 Å². The van der Waals surface area contributed by atoms with Crippen LogP contribution >= 0.6 is 18.5 Å². The van der Waals surface area contributed by atoms with E-state index in [9.17, 15) is 0 Å². The minimum absolute atomic E-state index is 0.956. The van der Waals surface area contributed by atoms with E-state index >= 15 is 0 Å². The molecule has 2 rings (SSSR count). The summed E-state index contributed by atoms with van der Waals surface area (Å²) >= 11 is 0. The molecule has 0 saturated carbocycles. The van der Waals surface area contributed by atoms with Crippen molar-refractivity contribution in [2.24, 2.45) is 0 Å². The maximum atomic E-state index is 4.43. The van der Waals surface area contributed by atoms with Crippen LogP contribution in [0.15, 0.2) is 42.6 Å². The molecule has 0 amide bonds. The van der Waals surface area contributed by atoms with Gasteiger partial charge < -0.3 is 0 Å². The standard InChI is InChI=1S/C12H13NP2.C2H6/c14-8-9-1-6-12(13-7-9)10-2-4-11(15)5-3-10;1-2/h1-7H,8,14-15H2;1-2H3. The van der Waals surface area contributed by atoms with Crippen LogP contribution in [-0.2, 0) is 6.16 Å². The van der Waals surface area contributed by atoms with Crippen molar-refractivity contribution in [3.63, 3.8) is 0 Å². The Bertz CT molecular complexity index is 435. The quantitative estimate of drug-likeness (QED) is 0.754. The van der Waals surface area contributed by atoms with Gasteiger partial charge >= 0.3 is 0 Å². The number of hydrogen-bond donors (Lipinski definition) is 0. The maximum absolute atomic E-state index is 4.43. The molecule has 0 radical (unpaired) electrons. The summed E-state index contributed by atoms with van der Waals surface area (Å²) in [4.78, 5) is 4.43. The molecule has 2 atom stereocenters. The number of pyridine rings is 1. The average Bonchev–Trinajstić information content (AvgIpc) is 2.42. The van der Waals surface area contributed by atoms with Crippen LogP contribution < -0.4 is 5.30 Å². The van der Waals surface area contributed by atoms with Gasteiger partial charge in [0.05, 0.1) is 5.69 Å². The van der Waals surface area contributed by atoms with E-state index in [0.29, 0.717) is 0 Å².